The van der Waals surface area contributed by atoms with Crippen molar-refractivity contribution in [3.8, 4) is 11.4 Å². The van der Waals surface area contributed by atoms with Crippen molar-refractivity contribution in [2.75, 3.05) is 0 Å². The molecule has 0 bridgehead atoms. The predicted molar refractivity (Wildman–Crippen MR) is 82.6 cm³/mol. The Morgan fingerprint density at radius 2 is 1.60 bits per heavy atom. The molecule has 0 saturated heterocycles. The number of aromatic nitrogens is 3. The van der Waals surface area contributed by atoms with Crippen LogP contribution in [0.1, 0.15) is 43.3 Å². The number of aryl methyl sites for hydroxylation is 3. The highest BCUT2D eigenvalue weighted by atomic mass is 15.3. The molecular weight excluding hydrogens is 248 g/mol. The Kier molecular flexibility index (Phi) is 3.69. The zero-order chi connectivity index (χ0) is 15.1. The second-order valence-electron chi connectivity index (χ2n) is 6.42. The van der Waals surface area contributed by atoms with E-state index < -0.39 is 0 Å². The summed E-state index contributed by atoms with van der Waals surface area (Å²) in [4.78, 5) is 0. The zero-order valence-corrected chi connectivity index (χ0v) is 13.3. The minimum atomic E-state index is -0.0999. The standard InChI is InChI=1S/C16H24N4/c1-10-7-11(2)14(12(3)8-10)15-19-18-13(9-17)20(15)16(4,5)6/h7-8H,9,17H2,1-6H3. The van der Waals surface area contributed by atoms with Crippen molar-refractivity contribution in [1.82, 2.24) is 14.8 Å². The molecule has 0 amide bonds. The minimum Gasteiger partial charge on any atom is -0.324 e. The second kappa shape index (κ2) is 5.02. The maximum absolute atomic E-state index is 5.82. The van der Waals surface area contributed by atoms with Gasteiger partial charge in [-0.15, -0.1) is 10.2 Å². The summed E-state index contributed by atoms with van der Waals surface area (Å²) in [6.45, 7) is 13.2. The highest BCUT2D eigenvalue weighted by Gasteiger charge is 2.24. The van der Waals surface area contributed by atoms with Crippen molar-refractivity contribution in [2.45, 2.75) is 53.6 Å². The monoisotopic (exact) mass is 272 g/mol. The van der Waals surface area contributed by atoms with Gasteiger partial charge in [-0.25, -0.2) is 0 Å². The highest BCUT2D eigenvalue weighted by molar-refractivity contribution is 5.66. The molecular formula is C16H24N4. The van der Waals surface area contributed by atoms with Crippen LogP contribution >= 0.6 is 0 Å². The maximum atomic E-state index is 5.82. The van der Waals surface area contributed by atoms with Crippen LogP contribution in [0.2, 0.25) is 0 Å². The molecule has 0 radical (unpaired) electrons. The first-order valence-electron chi connectivity index (χ1n) is 6.98. The van der Waals surface area contributed by atoms with Gasteiger partial charge in [0.05, 0.1) is 6.54 Å². The molecule has 0 unspecified atom stereocenters. The van der Waals surface area contributed by atoms with Crippen molar-refractivity contribution >= 4 is 0 Å². The Hall–Kier alpha value is -1.68. The fraction of sp³-hybridized carbons (Fsp3) is 0.500. The van der Waals surface area contributed by atoms with Crippen LogP contribution in [0.25, 0.3) is 11.4 Å². The van der Waals surface area contributed by atoms with E-state index in [0.29, 0.717) is 6.54 Å². The average Bonchev–Trinajstić information content (AvgIpc) is 2.70. The van der Waals surface area contributed by atoms with E-state index in [1.165, 1.54) is 16.7 Å². The lowest BCUT2D eigenvalue weighted by atomic mass is 9.98. The summed E-state index contributed by atoms with van der Waals surface area (Å²) in [6, 6.07) is 4.37. The Balaban J connectivity index is 2.75. The predicted octanol–water partition coefficient (Wildman–Crippen LogP) is 3.08. The smallest absolute Gasteiger partial charge is 0.165 e. The van der Waals surface area contributed by atoms with Crippen LogP contribution in [-0.2, 0) is 12.1 Å². The van der Waals surface area contributed by atoms with Crippen LogP contribution < -0.4 is 5.73 Å². The zero-order valence-electron chi connectivity index (χ0n) is 13.3. The first kappa shape index (κ1) is 14.7. The van der Waals surface area contributed by atoms with E-state index in [4.69, 9.17) is 5.73 Å². The van der Waals surface area contributed by atoms with Gasteiger partial charge in [0.25, 0.3) is 0 Å². The number of rotatable bonds is 2. The van der Waals surface area contributed by atoms with E-state index in [0.717, 1.165) is 17.2 Å². The molecule has 4 nitrogen and oxygen atoms in total. The largest absolute Gasteiger partial charge is 0.324 e. The van der Waals surface area contributed by atoms with Crippen molar-refractivity contribution in [3.63, 3.8) is 0 Å². The molecule has 2 rings (SSSR count). The molecule has 4 heteroatoms. The number of benzene rings is 1. The molecule has 0 spiro atoms. The molecule has 2 N–H and O–H groups in total. The lowest BCUT2D eigenvalue weighted by Crippen LogP contribution is -2.26. The van der Waals surface area contributed by atoms with Crippen LogP contribution in [0.5, 0.6) is 0 Å². The number of nitrogens with two attached hydrogens (primary N) is 1. The van der Waals surface area contributed by atoms with E-state index in [-0.39, 0.29) is 5.54 Å². The molecule has 0 saturated carbocycles. The quantitative estimate of drug-likeness (QED) is 0.914. The summed E-state index contributed by atoms with van der Waals surface area (Å²) in [5, 5.41) is 8.68. The fourth-order valence-corrected chi connectivity index (χ4v) is 2.85. The lowest BCUT2D eigenvalue weighted by Gasteiger charge is -2.25. The minimum absolute atomic E-state index is 0.0999. The first-order chi connectivity index (χ1) is 9.25. The topological polar surface area (TPSA) is 56.7 Å². The molecule has 20 heavy (non-hydrogen) atoms. The van der Waals surface area contributed by atoms with Gasteiger partial charge in [-0.05, 0) is 52.7 Å². The Labute approximate surface area is 121 Å². The average molecular weight is 272 g/mol. The summed E-state index contributed by atoms with van der Waals surface area (Å²) in [5.41, 5.74) is 10.6. The third-order valence-corrected chi connectivity index (χ3v) is 3.48. The fourth-order valence-electron chi connectivity index (χ4n) is 2.85. The maximum Gasteiger partial charge on any atom is 0.165 e. The summed E-state index contributed by atoms with van der Waals surface area (Å²) in [6.07, 6.45) is 0. The molecule has 0 aliphatic heterocycles. The molecule has 0 aliphatic rings. The van der Waals surface area contributed by atoms with Crippen LogP contribution in [-0.4, -0.2) is 14.8 Å². The van der Waals surface area contributed by atoms with E-state index in [2.05, 4.69) is 68.4 Å². The van der Waals surface area contributed by atoms with Crippen LogP contribution in [0.3, 0.4) is 0 Å². The van der Waals surface area contributed by atoms with E-state index in [9.17, 15) is 0 Å². The van der Waals surface area contributed by atoms with Crippen LogP contribution in [0, 0.1) is 20.8 Å². The Morgan fingerprint density at radius 1 is 1.05 bits per heavy atom. The van der Waals surface area contributed by atoms with Gasteiger partial charge in [0.15, 0.2) is 5.82 Å². The lowest BCUT2D eigenvalue weighted by molar-refractivity contribution is 0.386. The highest BCUT2D eigenvalue weighted by Crippen LogP contribution is 2.31. The van der Waals surface area contributed by atoms with Gasteiger partial charge in [0.1, 0.15) is 5.82 Å². The summed E-state index contributed by atoms with van der Waals surface area (Å²) in [7, 11) is 0. The van der Waals surface area contributed by atoms with Gasteiger partial charge < -0.3 is 10.3 Å². The molecule has 0 aliphatic carbocycles. The SMILES string of the molecule is Cc1cc(C)c(-c2nnc(CN)n2C(C)(C)C)c(C)c1. The van der Waals surface area contributed by atoms with Crippen molar-refractivity contribution in [2.24, 2.45) is 5.73 Å². The van der Waals surface area contributed by atoms with Gasteiger partial charge >= 0.3 is 0 Å². The number of nitrogens with zero attached hydrogens (tertiary/aromatic N) is 3. The van der Waals surface area contributed by atoms with Gasteiger partial charge in [-0.3, -0.25) is 0 Å². The van der Waals surface area contributed by atoms with E-state index in [1.54, 1.807) is 0 Å². The van der Waals surface area contributed by atoms with Crippen molar-refractivity contribution in [1.29, 1.82) is 0 Å². The van der Waals surface area contributed by atoms with E-state index in [1.807, 2.05) is 0 Å². The van der Waals surface area contributed by atoms with Gasteiger partial charge in [0.2, 0.25) is 0 Å². The summed E-state index contributed by atoms with van der Waals surface area (Å²) >= 11 is 0. The summed E-state index contributed by atoms with van der Waals surface area (Å²) in [5.74, 6) is 1.74. The Bertz CT molecular complexity index is 609. The third-order valence-electron chi connectivity index (χ3n) is 3.48. The molecule has 1 aromatic heterocycles. The number of hydrogen-bond acceptors (Lipinski definition) is 3. The third kappa shape index (κ3) is 2.48. The van der Waals surface area contributed by atoms with Crippen LogP contribution in [0.4, 0.5) is 0 Å². The Morgan fingerprint density at radius 3 is 2.05 bits per heavy atom. The van der Waals surface area contributed by atoms with Crippen LogP contribution in [0.15, 0.2) is 12.1 Å². The molecule has 1 aromatic carbocycles. The first-order valence-corrected chi connectivity index (χ1v) is 6.98. The van der Waals surface area contributed by atoms with Gasteiger partial charge in [-0.1, -0.05) is 17.7 Å². The molecule has 0 atom stereocenters. The molecule has 2 aromatic rings. The number of hydrogen-bond donors (Lipinski definition) is 1. The summed E-state index contributed by atoms with van der Waals surface area (Å²) < 4.78 is 2.15. The normalized spacial score (nSPS) is 11.9. The van der Waals surface area contributed by atoms with Crippen molar-refractivity contribution in [3.05, 3.63) is 34.6 Å². The molecule has 1 heterocycles. The molecule has 0 fully saturated rings. The van der Waals surface area contributed by atoms with Crippen molar-refractivity contribution < 1.29 is 0 Å². The van der Waals surface area contributed by atoms with E-state index >= 15 is 0 Å². The van der Waals surface area contributed by atoms with Gasteiger partial charge in [-0.2, -0.15) is 0 Å². The van der Waals surface area contributed by atoms with Gasteiger partial charge in [0, 0.05) is 11.1 Å². The molecule has 108 valence electrons. The second-order valence-corrected chi connectivity index (χ2v) is 6.42.